The fourth-order valence-electron chi connectivity index (χ4n) is 0.934. The molecule has 0 aliphatic rings. The van der Waals surface area contributed by atoms with Crippen LogP contribution in [0.15, 0.2) is 24.3 Å². The standard InChI is InChI=1S/C11H19NO/c1-3-4-5-6-7-8-9-10-11(13)12-2/h3-4,7-8H,5-6,9-10H2,1-2H3,(H,12,13). The first kappa shape index (κ1) is 11.9. The van der Waals surface area contributed by atoms with E-state index in [-0.39, 0.29) is 5.91 Å². The molecule has 0 spiro atoms. The Morgan fingerprint density at radius 2 is 1.77 bits per heavy atom. The molecule has 0 aromatic carbocycles. The molecule has 0 fully saturated rings. The Labute approximate surface area is 80.7 Å². The summed E-state index contributed by atoms with van der Waals surface area (Å²) in [5.74, 6) is 0.109. The third kappa shape index (κ3) is 8.86. The topological polar surface area (TPSA) is 29.1 Å². The monoisotopic (exact) mass is 181 g/mol. The summed E-state index contributed by atoms with van der Waals surface area (Å²) in [5, 5.41) is 2.59. The minimum Gasteiger partial charge on any atom is -0.359 e. The molecule has 0 aromatic rings. The molecule has 1 N–H and O–H groups in total. The minimum atomic E-state index is 0.109. The van der Waals surface area contributed by atoms with E-state index < -0.39 is 0 Å². The Kier molecular flexibility index (Phi) is 8.31. The molecule has 0 rings (SSSR count). The predicted molar refractivity (Wildman–Crippen MR) is 56.5 cm³/mol. The molecular formula is C11H19NO. The third-order valence-electron chi connectivity index (χ3n) is 1.72. The summed E-state index contributed by atoms with van der Waals surface area (Å²) in [5.41, 5.74) is 0. The van der Waals surface area contributed by atoms with E-state index in [1.165, 1.54) is 0 Å². The molecule has 0 saturated heterocycles. The van der Waals surface area contributed by atoms with Crippen LogP contribution in [0.5, 0.6) is 0 Å². The molecule has 2 heteroatoms. The summed E-state index contributed by atoms with van der Waals surface area (Å²) in [6.07, 6.45) is 12.0. The van der Waals surface area contributed by atoms with E-state index >= 15 is 0 Å². The highest BCUT2D eigenvalue weighted by molar-refractivity contribution is 5.75. The number of carbonyl (C=O) groups excluding carboxylic acids is 1. The van der Waals surface area contributed by atoms with Gasteiger partial charge in [-0.2, -0.15) is 0 Å². The predicted octanol–water partition coefficient (Wildman–Crippen LogP) is 2.43. The second kappa shape index (κ2) is 9.04. The van der Waals surface area contributed by atoms with Gasteiger partial charge >= 0.3 is 0 Å². The quantitative estimate of drug-likeness (QED) is 0.495. The first-order valence-corrected chi connectivity index (χ1v) is 4.78. The Morgan fingerprint density at radius 1 is 1.15 bits per heavy atom. The molecule has 0 saturated carbocycles. The van der Waals surface area contributed by atoms with Crippen LogP contribution in [0.3, 0.4) is 0 Å². The van der Waals surface area contributed by atoms with Gasteiger partial charge in [0.15, 0.2) is 0 Å². The highest BCUT2D eigenvalue weighted by atomic mass is 16.1. The Bertz CT molecular complexity index is 183. The molecule has 0 unspecified atom stereocenters. The van der Waals surface area contributed by atoms with Gasteiger partial charge in [0.05, 0.1) is 0 Å². The van der Waals surface area contributed by atoms with Gasteiger partial charge in [0, 0.05) is 13.5 Å². The van der Waals surface area contributed by atoms with Gasteiger partial charge in [-0.3, -0.25) is 4.79 Å². The van der Waals surface area contributed by atoms with E-state index in [2.05, 4.69) is 29.6 Å². The van der Waals surface area contributed by atoms with Crippen molar-refractivity contribution in [1.82, 2.24) is 5.32 Å². The summed E-state index contributed by atoms with van der Waals surface area (Å²) in [4.78, 5) is 10.8. The van der Waals surface area contributed by atoms with Crippen molar-refractivity contribution in [2.45, 2.75) is 32.6 Å². The van der Waals surface area contributed by atoms with E-state index in [0.29, 0.717) is 6.42 Å². The number of hydrogen-bond donors (Lipinski definition) is 1. The van der Waals surface area contributed by atoms with Crippen LogP contribution in [-0.4, -0.2) is 13.0 Å². The van der Waals surface area contributed by atoms with E-state index in [1.807, 2.05) is 6.92 Å². The lowest BCUT2D eigenvalue weighted by molar-refractivity contribution is -0.120. The average molecular weight is 181 g/mol. The van der Waals surface area contributed by atoms with Crippen LogP contribution in [0.4, 0.5) is 0 Å². The minimum absolute atomic E-state index is 0.109. The second-order valence-corrected chi connectivity index (χ2v) is 2.83. The van der Waals surface area contributed by atoms with Gasteiger partial charge in [-0.05, 0) is 26.2 Å². The van der Waals surface area contributed by atoms with Gasteiger partial charge in [-0.15, -0.1) is 0 Å². The normalized spacial score (nSPS) is 11.2. The maximum atomic E-state index is 10.8. The van der Waals surface area contributed by atoms with Crippen LogP contribution < -0.4 is 5.32 Å². The maximum Gasteiger partial charge on any atom is 0.220 e. The van der Waals surface area contributed by atoms with Crippen molar-refractivity contribution in [3.63, 3.8) is 0 Å². The zero-order valence-electron chi connectivity index (χ0n) is 8.55. The van der Waals surface area contributed by atoms with Gasteiger partial charge in [-0.1, -0.05) is 24.3 Å². The highest BCUT2D eigenvalue weighted by Crippen LogP contribution is 1.96. The second-order valence-electron chi connectivity index (χ2n) is 2.83. The van der Waals surface area contributed by atoms with Crippen molar-refractivity contribution in [1.29, 1.82) is 0 Å². The van der Waals surface area contributed by atoms with E-state index in [9.17, 15) is 4.79 Å². The van der Waals surface area contributed by atoms with Crippen LogP contribution in [-0.2, 0) is 4.79 Å². The van der Waals surface area contributed by atoms with Gasteiger partial charge in [0.2, 0.25) is 5.91 Å². The molecule has 1 amide bonds. The first-order valence-electron chi connectivity index (χ1n) is 4.78. The fraction of sp³-hybridized carbons (Fsp3) is 0.545. The summed E-state index contributed by atoms with van der Waals surface area (Å²) >= 11 is 0. The average Bonchev–Trinajstić information content (AvgIpc) is 2.16. The summed E-state index contributed by atoms with van der Waals surface area (Å²) in [6.45, 7) is 2.02. The molecule has 0 heterocycles. The maximum absolute atomic E-state index is 10.8. The van der Waals surface area contributed by atoms with Gasteiger partial charge in [0.1, 0.15) is 0 Å². The fourth-order valence-corrected chi connectivity index (χ4v) is 0.934. The van der Waals surface area contributed by atoms with Gasteiger partial charge in [-0.25, -0.2) is 0 Å². The lowest BCUT2D eigenvalue weighted by Crippen LogP contribution is -2.16. The zero-order chi connectivity index (χ0) is 9.94. The molecule has 0 aliphatic carbocycles. The van der Waals surface area contributed by atoms with Crippen molar-refractivity contribution in [3.05, 3.63) is 24.3 Å². The van der Waals surface area contributed by atoms with E-state index in [4.69, 9.17) is 0 Å². The molecule has 2 nitrogen and oxygen atoms in total. The molecule has 0 radical (unpaired) electrons. The number of unbranched alkanes of at least 4 members (excludes halogenated alkanes) is 1. The Hall–Kier alpha value is -1.05. The van der Waals surface area contributed by atoms with Crippen molar-refractivity contribution < 1.29 is 4.79 Å². The van der Waals surface area contributed by atoms with Crippen LogP contribution in [0, 0.1) is 0 Å². The van der Waals surface area contributed by atoms with E-state index in [0.717, 1.165) is 19.3 Å². The Morgan fingerprint density at radius 3 is 2.38 bits per heavy atom. The van der Waals surface area contributed by atoms with Crippen molar-refractivity contribution in [3.8, 4) is 0 Å². The van der Waals surface area contributed by atoms with Crippen molar-refractivity contribution in [2.24, 2.45) is 0 Å². The molecule has 74 valence electrons. The summed E-state index contributed by atoms with van der Waals surface area (Å²) in [6, 6.07) is 0. The largest absolute Gasteiger partial charge is 0.359 e. The van der Waals surface area contributed by atoms with Gasteiger partial charge in [0.25, 0.3) is 0 Å². The van der Waals surface area contributed by atoms with Crippen LogP contribution in [0.2, 0.25) is 0 Å². The number of nitrogens with one attached hydrogen (secondary N) is 1. The van der Waals surface area contributed by atoms with Crippen LogP contribution >= 0.6 is 0 Å². The molecule has 0 atom stereocenters. The molecule has 0 bridgehead atoms. The van der Waals surface area contributed by atoms with Crippen molar-refractivity contribution in [2.75, 3.05) is 7.05 Å². The zero-order valence-corrected chi connectivity index (χ0v) is 8.55. The lowest BCUT2D eigenvalue weighted by Gasteiger charge is -1.94. The smallest absolute Gasteiger partial charge is 0.220 e. The number of carbonyl (C=O) groups is 1. The first-order chi connectivity index (χ1) is 6.31. The van der Waals surface area contributed by atoms with E-state index in [1.54, 1.807) is 7.05 Å². The van der Waals surface area contributed by atoms with Crippen LogP contribution in [0.25, 0.3) is 0 Å². The number of allylic oxidation sites excluding steroid dienone is 4. The Balaban J connectivity index is 3.26. The molecule has 0 aliphatic heterocycles. The number of hydrogen-bond acceptors (Lipinski definition) is 1. The molecular weight excluding hydrogens is 162 g/mol. The summed E-state index contributed by atoms with van der Waals surface area (Å²) in [7, 11) is 1.66. The van der Waals surface area contributed by atoms with Crippen molar-refractivity contribution >= 4 is 5.91 Å². The SMILES string of the molecule is CC=CCCC=CCCC(=O)NC. The number of amides is 1. The molecule has 0 aromatic heterocycles. The number of rotatable bonds is 6. The summed E-state index contributed by atoms with van der Waals surface area (Å²) < 4.78 is 0. The lowest BCUT2D eigenvalue weighted by atomic mass is 10.2. The van der Waals surface area contributed by atoms with Gasteiger partial charge < -0.3 is 5.32 Å². The third-order valence-corrected chi connectivity index (χ3v) is 1.72. The highest BCUT2D eigenvalue weighted by Gasteiger charge is 1.92. The van der Waals surface area contributed by atoms with Crippen LogP contribution in [0.1, 0.15) is 32.6 Å². The molecule has 13 heavy (non-hydrogen) atoms.